The fraction of sp³-hybridized carbons (Fsp3) is 0.593. The Labute approximate surface area is 216 Å². The van der Waals surface area contributed by atoms with Crippen molar-refractivity contribution in [2.45, 2.75) is 89.6 Å². The molecular weight excluding hydrogens is 484 g/mol. The standard InChI is InChI=1S/C27H37ClN2O6/c1-18-21-14-13-20(15-23(21)36-27(34)25(18)28)35-17-24(32)30-22(16-31)26(33)29-19-11-9-7-5-3-2-4-6-8-10-12-19/h13-15,19,22,31H,2-12,16-17H2,1H3,(H,29,33)(H,30,32). The van der Waals surface area contributed by atoms with Crippen molar-refractivity contribution in [3.8, 4) is 5.75 Å². The first kappa shape index (κ1) is 28.0. The van der Waals surface area contributed by atoms with Crippen LogP contribution in [0.25, 0.3) is 11.0 Å². The Morgan fingerprint density at radius 3 is 2.31 bits per heavy atom. The van der Waals surface area contributed by atoms with Gasteiger partial charge >= 0.3 is 5.63 Å². The molecule has 1 aliphatic carbocycles. The van der Waals surface area contributed by atoms with Crippen LogP contribution in [-0.2, 0) is 9.59 Å². The van der Waals surface area contributed by atoms with Gasteiger partial charge in [0.15, 0.2) is 6.61 Å². The molecule has 1 aromatic carbocycles. The summed E-state index contributed by atoms with van der Waals surface area (Å²) in [5.74, 6) is -0.611. The molecule has 3 rings (SSSR count). The Morgan fingerprint density at radius 1 is 1.08 bits per heavy atom. The van der Waals surface area contributed by atoms with E-state index in [1.54, 1.807) is 19.1 Å². The van der Waals surface area contributed by atoms with Gasteiger partial charge in [-0.15, -0.1) is 0 Å². The molecule has 0 bridgehead atoms. The second-order valence-corrected chi connectivity index (χ2v) is 9.92. The second-order valence-electron chi connectivity index (χ2n) is 9.54. The van der Waals surface area contributed by atoms with E-state index in [-0.39, 0.29) is 23.6 Å². The van der Waals surface area contributed by atoms with Crippen LogP contribution < -0.4 is 21.0 Å². The van der Waals surface area contributed by atoms with Gasteiger partial charge in [-0.3, -0.25) is 9.59 Å². The largest absolute Gasteiger partial charge is 0.484 e. The summed E-state index contributed by atoms with van der Waals surface area (Å²) in [4.78, 5) is 37.0. The highest BCUT2D eigenvalue weighted by Crippen LogP contribution is 2.26. The Hall–Kier alpha value is -2.58. The molecule has 3 N–H and O–H groups in total. The quantitative estimate of drug-likeness (QED) is 0.466. The average molecular weight is 521 g/mol. The number of aryl methyl sites for hydroxylation is 1. The molecule has 1 aromatic heterocycles. The fourth-order valence-electron chi connectivity index (χ4n) is 4.59. The molecular formula is C27H37ClN2O6. The highest BCUT2D eigenvalue weighted by atomic mass is 35.5. The van der Waals surface area contributed by atoms with Crippen LogP contribution in [0.3, 0.4) is 0 Å². The highest BCUT2D eigenvalue weighted by molar-refractivity contribution is 6.31. The SMILES string of the molecule is Cc1c(Cl)c(=O)oc2cc(OCC(=O)NC(CO)C(=O)NC3CCCCCCCCCCC3)ccc12. The number of aliphatic hydroxyl groups is 1. The number of hydrogen-bond acceptors (Lipinski definition) is 6. The van der Waals surface area contributed by atoms with Gasteiger partial charge < -0.3 is 24.9 Å². The second kappa shape index (κ2) is 14.2. The molecule has 0 radical (unpaired) electrons. The molecule has 2 amide bonds. The van der Waals surface area contributed by atoms with Crippen molar-refractivity contribution in [3.05, 3.63) is 39.2 Å². The topological polar surface area (TPSA) is 118 Å². The first-order valence-electron chi connectivity index (χ1n) is 13.0. The Balaban J connectivity index is 1.52. The van der Waals surface area contributed by atoms with Gasteiger partial charge in [-0.05, 0) is 37.5 Å². The molecule has 9 heteroatoms. The van der Waals surface area contributed by atoms with Crippen molar-refractivity contribution in [1.29, 1.82) is 0 Å². The minimum atomic E-state index is -1.05. The lowest BCUT2D eigenvalue weighted by Gasteiger charge is -2.23. The van der Waals surface area contributed by atoms with Gasteiger partial charge in [0.25, 0.3) is 5.91 Å². The van der Waals surface area contributed by atoms with Crippen molar-refractivity contribution in [2.75, 3.05) is 13.2 Å². The molecule has 1 atom stereocenters. The number of benzene rings is 1. The van der Waals surface area contributed by atoms with E-state index >= 15 is 0 Å². The molecule has 1 fully saturated rings. The van der Waals surface area contributed by atoms with E-state index in [9.17, 15) is 19.5 Å². The van der Waals surface area contributed by atoms with Crippen molar-refractivity contribution in [2.24, 2.45) is 0 Å². The summed E-state index contributed by atoms with van der Waals surface area (Å²) < 4.78 is 10.7. The van der Waals surface area contributed by atoms with E-state index < -0.39 is 24.2 Å². The third-order valence-corrected chi connectivity index (χ3v) is 7.16. The van der Waals surface area contributed by atoms with Crippen LogP contribution in [0.2, 0.25) is 5.02 Å². The fourth-order valence-corrected chi connectivity index (χ4v) is 4.73. The summed E-state index contributed by atoms with van der Waals surface area (Å²) in [6, 6.07) is 3.83. The van der Waals surface area contributed by atoms with E-state index in [1.165, 1.54) is 38.2 Å². The van der Waals surface area contributed by atoms with E-state index in [2.05, 4.69) is 10.6 Å². The summed E-state index contributed by atoms with van der Waals surface area (Å²) in [6.45, 7) is 0.846. The van der Waals surface area contributed by atoms with Gasteiger partial charge in [-0.2, -0.15) is 0 Å². The number of rotatable bonds is 7. The lowest BCUT2D eigenvalue weighted by Crippen LogP contribution is -2.52. The number of halogens is 1. The van der Waals surface area contributed by atoms with Gasteiger partial charge in [0.1, 0.15) is 22.4 Å². The van der Waals surface area contributed by atoms with Crippen molar-refractivity contribution >= 4 is 34.4 Å². The number of amides is 2. The summed E-state index contributed by atoms with van der Waals surface area (Å²) in [5.41, 5.74) is 0.255. The summed E-state index contributed by atoms with van der Waals surface area (Å²) in [7, 11) is 0. The molecule has 1 saturated carbocycles. The van der Waals surface area contributed by atoms with Crippen LogP contribution in [0.15, 0.2) is 27.4 Å². The smallest absolute Gasteiger partial charge is 0.355 e. The number of ether oxygens (including phenoxy) is 1. The monoisotopic (exact) mass is 520 g/mol. The maximum Gasteiger partial charge on any atom is 0.355 e. The van der Waals surface area contributed by atoms with Crippen LogP contribution in [0.4, 0.5) is 0 Å². The van der Waals surface area contributed by atoms with Crippen LogP contribution in [0.5, 0.6) is 5.75 Å². The number of carbonyl (C=O) groups is 2. The molecule has 0 spiro atoms. The number of aliphatic hydroxyl groups excluding tert-OH is 1. The molecule has 8 nitrogen and oxygen atoms in total. The molecule has 2 aromatic rings. The predicted molar refractivity (Wildman–Crippen MR) is 139 cm³/mol. The molecule has 36 heavy (non-hydrogen) atoms. The molecule has 1 heterocycles. The van der Waals surface area contributed by atoms with E-state index in [4.69, 9.17) is 20.8 Å². The zero-order chi connectivity index (χ0) is 25.9. The van der Waals surface area contributed by atoms with Crippen molar-refractivity contribution in [1.82, 2.24) is 10.6 Å². The maximum atomic E-state index is 12.8. The zero-order valence-electron chi connectivity index (χ0n) is 20.9. The van der Waals surface area contributed by atoms with E-state index in [0.717, 1.165) is 38.5 Å². The van der Waals surface area contributed by atoms with Gasteiger partial charge in [-0.1, -0.05) is 69.4 Å². The summed E-state index contributed by atoms with van der Waals surface area (Å²) >= 11 is 5.95. The van der Waals surface area contributed by atoms with E-state index in [1.807, 2.05) is 0 Å². The average Bonchev–Trinajstić information content (AvgIpc) is 2.86. The van der Waals surface area contributed by atoms with Gasteiger partial charge in [0, 0.05) is 17.5 Å². The molecule has 0 aliphatic heterocycles. The Kier molecular flexibility index (Phi) is 11.1. The Bertz CT molecular complexity index is 1070. The van der Waals surface area contributed by atoms with Crippen LogP contribution in [-0.4, -0.2) is 42.2 Å². The maximum absolute atomic E-state index is 12.8. The number of carbonyl (C=O) groups excluding carboxylic acids is 2. The minimum absolute atomic E-state index is 0.0280. The molecule has 1 aliphatic rings. The van der Waals surface area contributed by atoms with Crippen molar-refractivity contribution in [3.63, 3.8) is 0 Å². The normalized spacial score (nSPS) is 17.0. The molecule has 0 saturated heterocycles. The lowest BCUT2D eigenvalue weighted by atomic mass is 9.97. The number of fused-ring (bicyclic) bond motifs is 1. The first-order valence-corrected chi connectivity index (χ1v) is 13.3. The Morgan fingerprint density at radius 2 is 1.69 bits per heavy atom. The number of hydrogen-bond donors (Lipinski definition) is 3. The zero-order valence-corrected chi connectivity index (χ0v) is 21.7. The summed E-state index contributed by atoms with van der Waals surface area (Å²) in [5, 5.41) is 16.0. The van der Waals surface area contributed by atoms with Crippen molar-refractivity contribution < 1.29 is 23.8 Å². The predicted octanol–water partition coefficient (Wildman–Crippen LogP) is 4.40. The highest BCUT2D eigenvalue weighted by Gasteiger charge is 2.23. The van der Waals surface area contributed by atoms with Crippen LogP contribution in [0, 0.1) is 6.92 Å². The van der Waals surface area contributed by atoms with E-state index in [0.29, 0.717) is 22.3 Å². The third kappa shape index (κ3) is 8.23. The molecule has 198 valence electrons. The van der Waals surface area contributed by atoms with Gasteiger partial charge in [0.2, 0.25) is 5.91 Å². The minimum Gasteiger partial charge on any atom is -0.484 e. The van der Waals surface area contributed by atoms with Crippen LogP contribution in [0.1, 0.15) is 76.2 Å². The van der Waals surface area contributed by atoms with Gasteiger partial charge in [0.05, 0.1) is 6.61 Å². The third-order valence-electron chi connectivity index (χ3n) is 6.72. The van der Waals surface area contributed by atoms with Gasteiger partial charge in [-0.25, -0.2) is 4.79 Å². The first-order chi connectivity index (χ1) is 17.4. The van der Waals surface area contributed by atoms with Crippen LogP contribution >= 0.6 is 11.6 Å². The number of nitrogens with one attached hydrogen (secondary N) is 2. The molecule has 1 unspecified atom stereocenters. The summed E-state index contributed by atoms with van der Waals surface area (Å²) in [6.07, 6.45) is 12.6. The lowest BCUT2D eigenvalue weighted by molar-refractivity contribution is -0.131.